The lowest BCUT2D eigenvalue weighted by molar-refractivity contribution is 0.0870. The molecule has 1 unspecified atom stereocenters. The van der Waals surface area contributed by atoms with Crippen LogP contribution in [0.4, 0.5) is 0 Å². The summed E-state index contributed by atoms with van der Waals surface area (Å²) >= 11 is 0. The van der Waals surface area contributed by atoms with Gasteiger partial charge >= 0.3 is 0 Å². The van der Waals surface area contributed by atoms with Gasteiger partial charge in [0.05, 0.1) is 23.5 Å². The molecule has 2 aromatic rings. The second-order valence-electron chi connectivity index (χ2n) is 3.89. The number of methoxy groups -OCH3 is 1. The number of benzene rings is 1. The van der Waals surface area contributed by atoms with Crippen molar-refractivity contribution in [3.05, 3.63) is 30.1 Å². The second-order valence-corrected chi connectivity index (χ2v) is 3.89. The first kappa shape index (κ1) is 11.6. The highest BCUT2D eigenvalue weighted by molar-refractivity contribution is 5.97. The Morgan fingerprint density at radius 1 is 1.59 bits per heavy atom. The van der Waals surface area contributed by atoms with Crippen molar-refractivity contribution in [2.24, 2.45) is 0 Å². The van der Waals surface area contributed by atoms with Gasteiger partial charge < -0.3 is 15.0 Å². The van der Waals surface area contributed by atoms with Crippen molar-refractivity contribution in [2.75, 3.05) is 13.7 Å². The smallest absolute Gasteiger partial charge is 0.251 e. The van der Waals surface area contributed by atoms with Gasteiger partial charge in [0.25, 0.3) is 5.91 Å². The second kappa shape index (κ2) is 4.97. The zero-order valence-electron chi connectivity index (χ0n) is 9.86. The summed E-state index contributed by atoms with van der Waals surface area (Å²) in [5, 5.41) is 2.81. The number of fused-ring (bicyclic) bond motifs is 1. The van der Waals surface area contributed by atoms with Crippen LogP contribution in [-0.4, -0.2) is 35.6 Å². The van der Waals surface area contributed by atoms with E-state index in [1.54, 1.807) is 25.6 Å². The Bertz CT molecular complexity index is 521. The maximum atomic E-state index is 11.8. The molecule has 0 radical (unpaired) electrons. The number of amides is 1. The van der Waals surface area contributed by atoms with Gasteiger partial charge in [-0.05, 0) is 25.1 Å². The fraction of sp³-hybridized carbons (Fsp3) is 0.333. The van der Waals surface area contributed by atoms with E-state index in [0.717, 1.165) is 11.0 Å². The summed E-state index contributed by atoms with van der Waals surface area (Å²) in [6, 6.07) is 5.37. The fourth-order valence-corrected chi connectivity index (χ4v) is 1.50. The van der Waals surface area contributed by atoms with Crippen molar-refractivity contribution in [3.8, 4) is 0 Å². The van der Waals surface area contributed by atoms with E-state index in [4.69, 9.17) is 4.74 Å². The molecule has 0 aliphatic rings. The average Bonchev–Trinajstić information content (AvgIpc) is 2.82. The molecule has 0 fully saturated rings. The summed E-state index contributed by atoms with van der Waals surface area (Å²) in [6.07, 6.45) is 1.62. The molecule has 0 aliphatic carbocycles. The van der Waals surface area contributed by atoms with Crippen molar-refractivity contribution in [1.29, 1.82) is 0 Å². The Morgan fingerprint density at radius 2 is 2.41 bits per heavy atom. The number of nitrogens with zero attached hydrogens (tertiary/aromatic N) is 1. The van der Waals surface area contributed by atoms with Crippen LogP contribution in [0, 0.1) is 0 Å². The Morgan fingerprint density at radius 3 is 3.18 bits per heavy atom. The van der Waals surface area contributed by atoms with Crippen LogP contribution >= 0.6 is 0 Å². The van der Waals surface area contributed by atoms with Crippen molar-refractivity contribution >= 4 is 16.9 Å². The number of imidazole rings is 1. The molecule has 0 saturated heterocycles. The van der Waals surface area contributed by atoms with Crippen molar-refractivity contribution < 1.29 is 9.53 Å². The largest absolute Gasteiger partial charge is 0.380 e. The lowest BCUT2D eigenvalue weighted by atomic mass is 10.2. The van der Waals surface area contributed by atoms with Gasteiger partial charge in [-0.15, -0.1) is 0 Å². The predicted molar refractivity (Wildman–Crippen MR) is 64.9 cm³/mol. The summed E-state index contributed by atoms with van der Waals surface area (Å²) in [5.41, 5.74) is 2.33. The third-order valence-corrected chi connectivity index (χ3v) is 2.63. The molecule has 1 atom stereocenters. The van der Waals surface area contributed by atoms with Crippen molar-refractivity contribution in [3.63, 3.8) is 0 Å². The predicted octanol–water partition coefficient (Wildman–Crippen LogP) is 1.33. The lowest BCUT2D eigenvalue weighted by Gasteiger charge is -2.10. The number of hydrogen-bond acceptors (Lipinski definition) is 3. The topological polar surface area (TPSA) is 67.0 Å². The third kappa shape index (κ3) is 2.62. The molecular formula is C12H15N3O2. The van der Waals surface area contributed by atoms with Crippen molar-refractivity contribution in [2.45, 2.75) is 13.0 Å². The van der Waals surface area contributed by atoms with Gasteiger partial charge in [-0.1, -0.05) is 0 Å². The molecule has 17 heavy (non-hydrogen) atoms. The molecule has 1 amide bonds. The highest BCUT2D eigenvalue weighted by Crippen LogP contribution is 2.11. The molecule has 0 aliphatic heterocycles. The monoisotopic (exact) mass is 233 g/mol. The van der Waals surface area contributed by atoms with Gasteiger partial charge in [0, 0.05) is 19.2 Å². The Kier molecular flexibility index (Phi) is 3.39. The van der Waals surface area contributed by atoms with Gasteiger partial charge in [0.1, 0.15) is 0 Å². The Hall–Kier alpha value is -1.88. The minimum Gasteiger partial charge on any atom is -0.380 e. The molecule has 2 N–H and O–H groups in total. The molecule has 0 saturated carbocycles. The zero-order valence-corrected chi connectivity index (χ0v) is 9.86. The Balaban J connectivity index is 2.08. The molecular weight excluding hydrogens is 218 g/mol. The van der Waals surface area contributed by atoms with Gasteiger partial charge in [0.2, 0.25) is 0 Å². The minimum absolute atomic E-state index is 0.00911. The van der Waals surface area contributed by atoms with Crippen LogP contribution in [0.15, 0.2) is 24.5 Å². The van der Waals surface area contributed by atoms with E-state index in [1.165, 1.54) is 0 Å². The number of aromatic nitrogens is 2. The van der Waals surface area contributed by atoms with Gasteiger partial charge in [0.15, 0.2) is 0 Å². The van der Waals surface area contributed by atoms with Crippen LogP contribution in [0.1, 0.15) is 17.3 Å². The maximum Gasteiger partial charge on any atom is 0.251 e. The number of aromatic amines is 1. The van der Waals surface area contributed by atoms with Crippen LogP contribution in [0.2, 0.25) is 0 Å². The minimum atomic E-state index is -0.106. The number of ether oxygens (including phenoxy) is 1. The SMILES string of the molecule is COC(C)CNC(=O)c1ccc2nc[nH]c2c1. The first-order valence-corrected chi connectivity index (χ1v) is 5.45. The van der Waals surface area contributed by atoms with E-state index >= 15 is 0 Å². The van der Waals surface area contributed by atoms with Crippen LogP contribution in [0.25, 0.3) is 11.0 Å². The van der Waals surface area contributed by atoms with Crippen LogP contribution in [-0.2, 0) is 4.74 Å². The highest BCUT2D eigenvalue weighted by Gasteiger charge is 2.08. The van der Waals surface area contributed by atoms with Crippen LogP contribution in [0.3, 0.4) is 0 Å². The number of rotatable bonds is 4. The number of carbonyl (C=O) groups is 1. The molecule has 90 valence electrons. The standard InChI is InChI=1S/C12H15N3O2/c1-8(17-2)6-13-12(16)9-3-4-10-11(5-9)15-7-14-10/h3-5,7-8H,6H2,1-2H3,(H,13,16)(H,14,15). The summed E-state index contributed by atoms with van der Waals surface area (Å²) in [4.78, 5) is 18.9. The van der Waals surface area contributed by atoms with E-state index in [0.29, 0.717) is 12.1 Å². The van der Waals surface area contributed by atoms with Crippen molar-refractivity contribution in [1.82, 2.24) is 15.3 Å². The number of hydrogen-bond donors (Lipinski definition) is 2. The summed E-state index contributed by atoms with van der Waals surface area (Å²) in [6.45, 7) is 2.40. The first-order chi connectivity index (χ1) is 8.20. The summed E-state index contributed by atoms with van der Waals surface area (Å²) in [7, 11) is 1.62. The molecule has 5 heteroatoms. The molecule has 1 aromatic carbocycles. The number of H-pyrrole nitrogens is 1. The molecule has 0 bridgehead atoms. The number of nitrogens with one attached hydrogen (secondary N) is 2. The fourth-order valence-electron chi connectivity index (χ4n) is 1.50. The van der Waals surface area contributed by atoms with E-state index in [2.05, 4.69) is 15.3 Å². The third-order valence-electron chi connectivity index (χ3n) is 2.63. The number of carbonyl (C=O) groups excluding carboxylic acids is 1. The summed E-state index contributed by atoms with van der Waals surface area (Å²) in [5.74, 6) is -0.106. The van der Waals surface area contributed by atoms with E-state index in [-0.39, 0.29) is 12.0 Å². The van der Waals surface area contributed by atoms with E-state index in [9.17, 15) is 4.79 Å². The quantitative estimate of drug-likeness (QED) is 0.837. The van der Waals surface area contributed by atoms with E-state index in [1.807, 2.05) is 13.0 Å². The first-order valence-electron chi connectivity index (χ1n) is 5.45. The van der Waals surface area contributed by atoms with Crippen LogP contribution in [0.5, 0.6) is 0 Å². The molecule has 0 spiro atoms. The molecule has 1 heterocycles. The van der Waals surface area contributed by atoms with Gasteiger partial charge in [-0.3, -0.25) is 4.79 Å². The van der Waals surface area contributed by atoms with E-state index < -0.39 is 0 Å². The average molecular weight is 233 g/mol. The Labute approximate surface area is 99.2 Å². The molecule has 5 nitrogen and oxygen atoms in total. The van der Waals surface area contributed by atoms with Crippen LogP contribution < -0.4 is 5.32 Å². The summed E-state index contributed by atoms with van der Waals surface area (Å²) < 4.78 is 5.06. The van der Waals surface area contributed by atoms with Gasteiger partial charge in [-0.2, -0.15) is 0 Å². The lowest BCUT2D eigenvalue weighted by Crippen LogP contribution is -2.31. The van der Waals surface area contributed by atoms with Gasteiger partial charge in [-0.25, -0.2) is 4.98 Å². The molecule has 2 rings (SSSR count). The highest BCUT2D eigenvalue weighted by atomic mass is 16.5. The zero-order chi connectivity index (χ0) is 12.3. The molecule has 1 aromatic heterocycles. The normalized spacial score (nSPS) is 12.6. The maximum absolute atomic E-state index is 11.8.